The fourth-order valence-electron chi connectivity index (χ4n) is 1.57. The van der Waals surface area contributed by atoms with Gasteiger partial charge in [-0.05, 0) is 12.1 Å². The lowest BCUT2D eigenvalue weighted by molar-refractivity contribution is 0.0716. The van der Waals surface area contributed by atoms with Gasteiger partial charge in [-0.2, -0.15) is 5.10 Å². The molecule has 0 aliphatic heterocycles. The molecule has 0 N–H and O–H groups in total. The Bertz CT molecular complexity index is 719. The molecule has 0 aliphatic carbocycles. The second-order valence-electron chi connectivity index (χ2n) is 3.95. The molecule has 0 spiro atoms. The Kier molecular flexibility index (Phi) is 3.39. The fourth-order valence-corrected chi connectivity index (χ4v) is 2.45. The molecule has 0 radical (unpaired) electrons. The van der Waals surface area contributed by atoms with Crippen molar-refractivity contribution in [2.75, 3.05) is 6.26 Å². The summed E-state index contributed by atoms with van der Waals surface area (Å²) in [6.45, 7) is 0. The lowest BCUT2D eigenvalue weighted by atomic mass is 10.2. The summed E-state index contributed by atoms with van der Waals surface area (Å²) in [6, 6.07) is 7.43. The molecular weight excluding hydrogens is 268 g/mol. The number of sulfone groups is 1. The van der Waals surface area contributed by atoms with E-state index in [1.807, 2.05) is 0 Å². The molecular formula is C12H12N2O4S. The molecule has 0 saturated carbocycles. The Morgan fingerprint density at radius 1 is 1.26 bits per heavy atom. The Morgan fingerprint density at radius 3 is 2.53 bits per heavy atom. The first kappa shape index (κ1) is 13.3. The lowest BCUT2D eigenvalue weighted by Crippen LogP contribution is -2.15. The monoisotopic (exact) mass is 280 g/mol. The van der Waals surface area contributed by atoms with Gasteiger partial charge in [0.15, 0.2) is 9.84 Å². The Labute approximate surface area is 110 Å². The molecule has 0 unspecified atom stereocenters. The zero-order valence-corrected chi connectivity index (χ0v) is 11.2. The van der Waals surface area contributed by atoms with Crippen LogP contribution in [-0.4, -0.2) is 30.4 Å². The van der Waals surface area contributed by atoms with E-state index in [0.29, 0.717) is 0 Å². The summed E-state index contributed by atoms with van der Waals surface area (Å²) in [5.74, 6) is -0.488. The lowest BCUT2D eigenvalue weighted by Gasteiger charge is -2.07. The van der Waals surface area contributed by atoms with E-state index in [4.69, 9.17) is 4.74 Å². The third-order valence-electron chi connectivity index (χ3n) is 2.48. The van der Waals surface area contributed by atoms with E-state index in [9.17, 15) is 13.2 Å². The van der Waals surface area contributed by atoms with Crippen LogP contribution in [-0.2, 0) is 16.9 Å². The smallest absolute Gasteiger partial charge is 0.346 e. The predicted molar refractivity (Wildman–Crippen MR) is 67.7 cm³/mol. The van der Waals surface area contributed by atoms with E-state index in [-0.39, 0.29) is 16.3 Å². The minimum absolute atomic E-state index is 0.00574. The highest BCUT2D eigenvalue weighted by atomic mass is 32.2. The van der Waals surface area contributed by atoms with E-state index in [2.05, 4.69) is 5.10 Å². The van der Waals surface area contributed by atoms with Crippen molar-refractivity contribution in [3.8, 4) is 5.88 Å². The molecule has 1 heterocycles. The number of hydrogen-bond acceptors (Lipinski definition) is 5. The van der Waals surface area contributed by atoms with Crippen LogP contribution in [0.4, 0.5) is 0 Å². The number of carbonyl (C=O) groups is 1. The van der Waals surface area contributed by atoms with Crippen molar-refractivity contribution in [2.45, 2.75) is 4.90 Å². The molecule has 2 aromatic rings. The molecule has 0 saturated heterocycles. The number of benzene rings is 1. The average Bonchev–Trinajstić information content (AvgIpc) is 2.74. The number of rotatable bonds is 3. The molecule has 0 fully saturated rings. The van der Waals surface area contributed by atoms with E-state index in [0.717, 1.165) is 6.26 Å². The van der Waals surface area contributed by atoms with Gasteiger partial charge in [-0.25, -0.2) is 17.9 Å². The summed E-state index contributed by atoms with van der Waals surface area (Å²) >= 11 is 0. The van der Waals surface area contributed by atoms with E-state index < -0.39 is 15.8 Å². The topological polar surface area (TPSA) is 78.3 Å². The quantitative estimate of drug-likeness (QED) is 0.785. The van der Waals surface area contributed by atoms with Gasteiger partial charge in [-0.1, -0.05) is 12.1 Å². The normalized spacial score (nSPS) is 11.3. The summed E-state index contributed by atoms with van der Waals surface area (Å²) in [5.41, 5.74) is 0.00574. The zero-order valence-electron chi connectivity index (χ0n) is 10.4. The van der Waals surface area contributed by atoms with Gasteiger partial charge in [-0.3, -0.25) is 0 Å². The largest absolute Gasteiger partial charge is 0.404 e. The van der Waals surface area contributed by atoms with Gasteiger partial charge in [0.05, 0.1) is 16.7 Å². The van der Waals surface area contributed by atoms with Crippen molar-refractivity contribution in [1.29, 1.82) is 0 Å². The molecule has 1 aromatic heterocycles. The minimum Gasteiger partial charge on any atom is -0.404 e. The molecule has 0 atom stereocenters. The highest BCUT2D eigenvalue weighted by molar-refractivity contribution is 7.90. The number of aryl methyl sites for hydroxylation is 1. The maximum atomic E-state index is 12.0. The number of nitrogens with zero attached hydrogens (tertiary/aromatic N) is 2. The van der Waals surface area contributed by atoms with Crippen LogP contribution >= 0.6 is 0 Å². The molecule has 7 heteroatoms. The summed E-state index contributed by atoms with van der Waals surface area (Å²) in [7, 11) is -1.87. The van der Waals surface area contributed by atoms with Crippen LogP contribution in [0.15, 0.2) is 41.4 Å². The van der Waals surface area contributed by atoms with Crippen LogP contribution in [0.1, 0.15) is 10.4 Å². The van der Waals surface area contributed by atoms with E-state index in [1.54, 1.807) is 19.2 Å². The number of aromatic nitrogens is 2. The molecule has 1 aromatic carbocycles. The second-order valence-corrected chi connectivity index (χ2v) is 5.94. The number of esters is 1. The number of carbonyl (C=O) groups excluding carboxylic acids is 1. The molecule has 2 rings (SSSR count). The molecule has 0 aliphatic rings. The SMILES string of the molecule is Cn1nccc1OC(=O)c1ccccc1S(C)(=O)=O. The third kappa shape index (κ3) is 2.82. The molecule has 0 bridgehead atoms. The van der Waals surface area contributed by atoms with E-state index >= 15 is 0 Å². The van der Waals surface area contributed by atoms with Crippen LogP contribution in [0.3, 0.4) is 0 Å². The zero-order chi connectivity index (χ0) is 14.0. The van der Waals surface area contributed by atoms with Gasteiger partial charge < -0.3 is 4.74 Å². The highest BCUT2D eigenvalue weighted by Crippen LogP contribution is 2.18. The number of ether oxygens (including phenoxy) is 1. The van der Waals surface area contributed by atoms with Gasteiger partial charge in [0.25, 0.3) is 0 Å². The Balaban J connectivity index is 2.38. The molecule has 19 heavy (non-hydrogen) atoms. The van der Waals surface area contributed by atoms with Crippen LogP contribution in [0.25, 0.3) is 0 Å². The van der Waals surface area contributed by atoms with Crippen molar-refractivity contribution < 1.29 is 17.9 Å². The summed E-state index contributed by atoms with van der Waals surface area (Å²) in [5, 5.41) is 3.86. The summed E-state index contributed by atoms with van der Waals surface area (Å²) in [6.07, 6.45) is 2.52. The van der Waals surface area contributed by atoms with Gasteiger partial charge in [0, 0.05) is 19.4 Å². The van der Waals surface area contributed by atoms with Crippen molar-refractivity contribution in [2.24, 2.45) is 7.05 Å². The summed E-state index contributed by atoms with van der Waals surface area (Å²) in [4.78, 5) is 12.0. The molecule has 0 amide bonds. The van der Waals surface area contributed by atoms with Crippen molar-refractivity contribution in [3.63, 3.8) is 0 Å². The highest BCUT2D eigenvalue weighted by Gasteiger charge is 2.20. The standard InChI is InChI=1S/C12H12N2O4S/c1-14-11(7-8-13-14)18-12(15)9-5-3-4-6-10(9)19(2,16)17/h3-8H,1-2H3. The Morgan fingerprint density at radius 2 is 1.95 bits per heavy atom. The molecule has 6 nitrogen and oxygen atoms in total. The fraction of sp³-hybridized carbons (Fsp3) is 0.167. The van der Waals surface area contributed by atoms with Crippen LogP contribution in [0, 0.1) is 0 Å². The van der Waals surface area contributed by atoms with Crippen molar-refractivity contribution in [3.05, 3.63) is 42.1 Å². The van der Waals surface area contributed by atoms with Gasteiger partial charge in [0.1, 0.15) is 0 Å². The van der Waals surface area contributed by atoms with E-state index in [1.165, 1.54) is 29.1 Å². The summed E-state index contributed by atoms with van der Waals surface area (Å²) < 4.78 is 29.7. The van der Waals surface area contributed by atoms with Crippen LogP contribution in [0.5, 0.6) is 5.88 Å². The first-order valence-corrected chi connectivity index (χ1v) is 7.28. The van der Waals surface area contributed by atoms with Crippen molar-refractivity contribution in [1.82, 2.24) is 9.78 Å². The van der Waals surface area contributed by atoms with Gasteiger partial charge >= 0.3 is 5.97 Å². The minimum atomic E-state index is -3.49. The first-order valence-electron chi connectivity index (χ1n) is 5.39. The number of hydrogen-bond donors (Lipinski definition) is 0. The maximum absolute atomic E-state index is 12.0. The van der Waals surface area contributed by atoms with Gasteiger partial charge in [0.2, 0.25) is 5.88 Å². The Hall–Kier alpha value is -2.15. The first-order chi connectivity index (χ1) is 8.89. The van der Waals surface area contributed by atoms with Gasteiger partial charge in [-0.15, -0.1) is 0 Å². The average molecular weight is 280 g/mol. The third-order valence-corrected chi connectivity index (χ3v) is 3.63. The second kappa shape index (κ2) is 4.85. The predicted octanol–water partition coefficient (Wildman–Crippen LogP) is 1.04. The van der Waals surface area contributed by atoms with Crippen LogP contribution in [0.2, 0.25) is 0 Å². The van der Waals surface area contributed by atoms with Crippen LogP contribution < -0.4 is 4.74 Å². The molecule has 100 valence electrons. The van der Waals surface area contributed by atoms with Crippen molar-refractivity contribution >= 4 is 15.8 Å². The maximum Gasteiger partial charge on any atom is 0.346 e.